The van der Waals surface area contributed by atoms with E-state index in [1.165, 1.54) is 12.1 Å². The summed E-state index contributed by atoms with van der Waals surface area (Å²) in [6.45, 7) is 3.73. The first kappa shape index (κ1) is 18.3. The Hall–Kier alpha value is -3.03. The van der Waals surface area contributed by atoms with E-state index in [1.807, 2.05) is 12.4 Å². The van der Waals surface area contributed by atoms with E-state index in [0.29, 0.717) is 31.2 Å². The first-order valence-electron chi connectivity index (χ1n) is 9.40. The van der Waals surface area contributed by atoms with Gasteiger partial charge in [0.15, 0.2) is 5.60 Å². The zero-order valence-corrected chi connectivity index (χ0v) is 15.7. The lowest BCUT2D eigenvalue weighted by Crippen LogP contribution is -2.37. The molecule has 2 aliphatic rings. The van der Waals surface area contributed by atoms with Crippen LogP contribution in [0.5, 0.6) is 0 Å². The average Bonchev–Trinajstić information content (AvgIpc) is 3.34. The Bertz CT molecular complexity index is 884. The minimum absolute atomic E-state index is 0.261. The third kappa shape index (κ3) is 3.81. The number of anilines is 1. The quantitative estimate of drug-likeness (QED) is 0.856. The van der Waals surface area contributed by atoms with Crippen molar-refractivity contribution < 1.29 is 14.0 Å². The highest BCUT2D eigenvalue weighted by molar-refractivity contribution is 6.39. The van der Waals surface area contributed by atoms with Crippen molar-refractivity contribution in [2.45, 2.75) is 38.3 Å². The number of halogens is 1. The predicted molar refractivity (Wildman–Crippen MR) is 102 cm³/mol. The van der Waals surface area contributed by atoms with Crippen molar-refractivity contribution >= 4 is 17.6 Å². The first-order chi connectivity index (χ1) is 13.6. The molecule has 2 aliphatic heterocycles. The number of hydrogen-bond acceptors (Lipinski definition) is 6. The second kappa shape index (κ2) is 7.53. The lowest BCUT2D eigenvalue weighted by Gasteiger charge is -2.21. The van der Waals surface area contributed by atoms with Gasteiger partial charge in [-0.25, -0.2) is 14.4 Å². The molecule has 1 fully saturated rings. The van der Waals surface area contributed by atoms with Crippen molar-refractivity contribution in [3.8, 4) is 0 Å². The van der Waals surface area contributed by atoms with Crippen LogP contribution in [0.1, 0.15) is 30.9 Å². The average molecular weight is 383 g/mol. The molecule has 0 saturated carbocycles. The molecule has 0 radical (unpaired) electrons. The van der Waals surface area contributed by atoms with Gasteiger partial charge in [0, 0.05) is 38.3 Å². The molecule has 1 spiro atoms. The summed E-state index contributed by atoms with van der Waals surface area (Å²) in [4.78, 5) is 29.0. The maximum Gasteiger partial charge on any atom is 0.269 e. The highest BCUT2D eigenvalue weighted by Gasteiger charge is 2.47. The fourth-order valence-electron chi connectivity index (χ4n) is 3.46. The summed E-state index contributed by atoms with van der Waals surface area (Å²) >= 11 is 0. The molecule has 1 saturated heterocycles. The Labute approximate surface area is 162 Å². The van der Waals surface area contributed by atoms with E-state index in [-0.39, 0.29) is 11.7 Å². The maximum atomic E-state index is 13.0. The zero-order valence-electron chi connectivity index (χ0n) is 15.7. The Balaban J connectivity index is 1.32. The van der Waals surface area contributed by atoms with Crippen LogP contribution >= 0.6 is 0 Å². The van der Waals surface area contributed by atoms with Crippen LogP contribution in [0.15, 0.2) is 41.8 Å². The van der Waals surface area contributed by atoms with Gasteiger partial charge in [0.05, 0.1) is 6.54 Å². The number of aryl methyl sites for hydroxylation is 1. The molecule has 0 bridgehead atoms. The van der Waals surface area contributed by atoms with Gasteiger partial charge in [0.25, 0.3) is 5.91 Å². The molecule has 146 valence electrons. The Morgan fingerprint density at radius 2 is 2.00 bits per heavy atom. The summed E-state index contributed by atoms with van der Waals surface area (Å²) in [6.07, 6.45) is 5.79. The van der Waals surface area contributed by atoms with Gasteiger partial charge in [-0.2, -0.15) is 0 Å². The van der Waals surface area contributed by atoms with Crippen LogP contribution in [0, 0.1) is 5.82 Å². The van der Waals surface area contributed by atoms with Gasteiger partial charge in [0.1, 0.15) is 11.5 Å². The van der Waals surface area contributed by atoms with Crippen LogP contribution in [0.4, 0.5) is 10.3 Å². The first-order valence-corrected chi connectivity index (χ1v) is 9.40. The number of amides is 1. The summed E-state index contributed by atoms with van der Waals surface area (Å²) in [7, 11) is 0. The number of nitrogens with one attached hydrogen (secondary N) is 1. The van der Waals surface area contributed by atoms with Gasteiger partial charge in [0.2, 0.25) is 5.95 Å². The van der Waals surface area contributed by atoms with E-state index < -0.39 is 5.60 Å². The molecule has 1 unspecified atom stereocenters. The molecule has 1 N–H and O–H groups in total. The second-order valence-corrected chi connectivity index (χ2v) is 7.21. The molecule has 1 aromatic carbocycles. The van der Waals surface area contributed by atoms with Crippen molar-refractivity contribution in [2.75, 3.05) is 18.0 Å². The number of nitrogens with zero attached hydrogens (tertiary/aromatic N) is 4. The number of benzene rings is 1. The van der Waals surface area contributed by atoms with E-state index in [4.69, 9.17) is 4.84 Å². The van der Waals surface area contributed by atoms with Crippen LogP contribution in [-0.4, -0.2) is 40.3 Å². The van der Waals surface area contributed by atoms with E-state index >= 15 is 0 Å². The molecule has 3 heterocycles. The molecule has 0 aliphatic carbocycles. The van der Waals surface area contributed by atoms with Crippen LogP contribution in [0.2, 0.25) is 0 Å². The highest BCUT2D eigenvalue weighted by Crippen LogP contribution is 2.35. The van der Waals surface area contributed by atoms with E-state index in [1.54, 1.807) is 12.1 Å². The van der Waals surface area contributed by atoms with E-state index in [9.17, 15) is 9.18 Å². The SMILES string of the molecule is CCc1cnc(N2CCC3(CC(C(=O)NCc4ccc(F)cc4)=NO3)C2)nc1. The van der Waals surface area contributed by atoms with Crippen LogP contribution in [0.3, 0.4) is 0 Å². The zero-order chi connectivity index (χ0) is 19.6. The number of hydrogen-bond donors (Lipinski definition) is 1. The van der Waals surface area contributed by atoms with Crippen LogP contribution < -0.4 is 10.2 Å². The molecule has 2 aromatic rings. The van der Waals surface area contributed by atoms with Crippen molar-refractivity contribution in [1.82, 2.24) is 15.3 Å². The summed E-state index contributed by atoms with van der Waals surface area (Å²) in [5.74, 6) is 0.111. The lowest BCUT2D eigenvalue weighted by atomic mass is 9.96. The van der Waals surface area contributed by atoms with Crippen molar-refractivity contribution in [3.05, 3.63) is 53.6 Å². The number of rotatable bonds is 5. The molecule has 8 heteroatoms. The van der Waals surface area contributed by atoms with Crippen molar-refractivity contribution in [3.63, 3.8) is 0 Å². The van der Waals surface area contributed by atoms with Gasteiger partial charge < -0.3 is 15.1 Å². The van der Waals surface area contributed by atoms with Crippen molar-refractivity contribution in [2.24, 2.45) is 5.16 Å². The summed E-state index contributed by atoms with van der Waals surface area (Å²) < 4.78 is 13.0. The molecule has 1 aromatic heterocycles. The maximum absolute atomic E-state index is 13.0. The molecule has 4 rings (SSSR count). The predicted octanol–water partition coefficient (Wildman–Crippen LogP) is 2.22. The Kier molecular flexibility index (Phi) is 4.93. The van der Waals surface area contributed by atoms with E-state index in [2.05, 4.69) is 32.3 Å². The lowest BCUT2D eigenvalue weighted by molar-refractivity contribution is -0.115. The second-order valence-electron chi connectivity index (χ2n) is 7.21. The summed E-state index contributed by atoms with van der Waals surface area (Å²) in [5, 5.41) is 6.84. The highest BCUT2D eigenvalue weighted by atomic mass is 19.1. The normalized spacial score (nSPS) is 20.9. The standard InChI is InChI=1S/C20H22FN5O2/c1-2-14-10-23-19(24-11-14)26-8-7-20(13-26)9-17(25-28-20)18(27)22-12-15-3-5-16(21)6-4-15/h3-6,10-11H,2,7-9,12-13H2,1H3,(H,22,27). The fourth-order valence-corrected chi connectivity index (χ4v) is 3.46. The Morgan fingerprint density at radius 1 is 1.25 bits per heavy atom. The molecule has 28 heavy (non-hydrogen) atoms. The van der Waals surface area contributed by atoms with Crippen molar-refractivity contribution in [1.29, 1.82) is 0 Å². The fraction of sp³-hybridized carbons (Fsp3) is 0.400. The van der Waals surface area contributed by atoms with Crippen LogP contribution in [0.25, 0.3) is 0 Å². The van der Waals surface area contributed by atoms with Crippen LogP contribution in [-0.2, 0) is 22.6 Å². The monoisotopic (exact) mass is 383 g/mol. The molecule has 7 nitrogen and oxygen atoms in total. The van der Waals surface area contributed by atoms with Gasteiger partial charge in [-0.1, -0.05) is 24.2 Å². The van der Waals surface area contributed by atoms with Gasteiger partial charge in [-0.05, 0) is 29.7 Å². The smallest absolute Gasteiger partial charge is 0.269 e. The topological polar surface area (TPSA) is 79.7 Å². The largest absolute Gasteiger partial charge is 0.386 e. The molecule has 1 atom stereocenters. The van der Waals surface area contributed by atoms with Gasteiger partial charge in [-0.15, -0.1) is 0 Å². The molecule has 1 amide bonds. The third-order valence-electron chi connectivity index (χ3n) is 5.17. The third-order valence-corrected chi connectivity index (χ3v) is 5.17. The number of carbonyl (C=O) groups excluding carboxylic acids is 1. The minimum atomic E-state index is -0.505. The van der Waals surface area contributed by atoms with E-state index in [0.717, 1.165) is 30.5 Å². The molecular formula is C20H22FN5O2. The summed E-state index contributed by atoms with van der Waals surface area (Å²) in [5.41, 5.74) is 1.79. The van der Waals surface area contributed by atoms with Gasteiger partial charge in [-0.3, -0.25) is 4.79 Å². The number of aromatic nitrogens is 2. The molecular weight excluding hydrogens is 361 g/mol. The van der Waals surface area contributed by atoms with Gasteiger partial charge >= 0.3 is 0 Å². The number of oxime groups is 1. The number of carbonyl (C=O) groups is 1. The summed E-state index contributed by atoms with van der Waals surface area (Å²) in [6, 6.07) is 6.02. The minimum Gasteiger partial charge on any atom is -0.386 e. The Morgan fingerprint density at radius 3 is 2.71 bits per heavy atom.